The van der Waals surface area contributed by atoms with Crippen molar-refractivity contribution in [1.82, 2.24) is 4.98 Å². The summed E-state index contributed by atoms with van der Waals surface area (Å²) < 4.78 is 0.934. The molecule has 1 aliphatic heterocycles. The van der Waals surface area contributed by atoms with E-state index in [4.69, 9.17) is 17.3 Å². The van der Waals surface area contributed by atoms with Crippen LogP contribution in [0.25, 0.3) is 0 Å². The van der Waals surface area contributed by atoms with Crippen molar-refractivity contribution < 1.29 is 0 Å². The van der Waals surface area contributed by atoms with Crippen LogP contribution in [-0.2, 0) is 0 Å². The summed E-state index contributed by atoms with van der Waals surface area (Å²) in [5.41, 5.74) is 5.93. The van der Waals surface area contributed by atoms with Gasteiger partial charge in [0, 0.05) is 25.3 Å². The molecule has 1 atom stereocenters. The lowest BCUT2D eigenvalue weighted by molar-refractivity contribution is 0.503. The second-order valence-electron chi connectivity index (χ2n) is 3.81. The first-order chi connectivity index (χ1) is 7.16. The lowest BCUT2D eigenvalue weighted by Gasteiger charge is -2.32. The van der Waals surface area contributed by atoms with Gasteiger partial charge in [-0.25, -0.2) is 4.98 Å². The zero-order chi connectivity index (χ0) is 10.8. The third-order valence-electron chi connectivity index (χ3n) is 2.55. The number of pyridine rings is 1. The average Bonchev–Trinajstić information content (AvgIpc) is 2.17. The molecule has 1 aromatic rings. The molecule has 1 aromatic heterocycles. The highest BCUT2D eigenvalue weighted by molar-refractivity contribution is 9.10. The fourth-order valence-electron chi connectivity index (χ4n) is 1.84. The van der Waals surface area contributed by atoms with E-state index in [1.807, 2.05) is 6.07 Å². The number of hydrogen-bond acceptors (Lipinski definition) is 3. The van der Waals surface area contributed by atoms with Crippen LogP contribution >= 0.6 is 27.5 Å². The molecular formula is C10H13BrClN3. The molecule has 0 radical (unpaired) electrons. The number of hydrogen-bond donors (Lipinski definition) is 1. The number of halogens is 2. The number of rotatable bonds is 1. The van der Waals surface area contributed by atoms with Gasteiger partial charge in [0.25, 0.3) is 0 Å². The summed E-state index contributed by atoms with van der Waals surface area (Å²) in [7, 11) is 0. The first-order valence-corrected chi connectivity index (χ1v) is 6.15. The van der Waals surface area contributed by atoms with Gasteiger partial charge >= 0.3 is 0 Å². The molecule has 0 saturated carbocycles. The largest absolute Gasteiger partial charge is 0.354 e. The number of nitrogens with two attached hydrogens (primary N) is 1. The summed E-state index contributed by atoms with van der Waals surface area (Å²) in [5, 5.41) is 0.645. The van der Waals surface area contributed by atoms with Gasteiger partial charge in [0.1, 0.15) is 5.82 Å². The quantitative estimate of drug-likeness (QED) is 0.864. The molecule has 0 unspecified atom stereocenters. The van der Waals surface area contributed by atoms with Crippen molar-refractivity contribution in [3.8, 4) is 0 Å². The molecule has 2 rings (SSSR count). The zero-order valence-corrected chi connectivity index (χ0v) is 10.6. The SMILES string of the molecule is N[C@@H]1CCCN(c2ncc(Cl)cc2Br)C1. The summed E-state index contributed by atoms with van der Waals surface area (Å²) in [4.78, 5) is 6.53. The normalized spacial score (nSPS) is 21.8. The van der Waals surface area contributed by atoms with Crippen molar-refractivity contribution in [3.05, 3.63) is 21.8 Å². The maximum absolute atomic E-state index is 5.93. The van der Waals surface area contributed by atoms with Crippen LogP contribution in [0.4, 0.5) is 5.82 Å². The Morgan fingerprint density at radius 1 is 1.60 bits per heavy atom. The van der Waals surface area contributed by atoms with E-state index in [0.29, 0.717) is 5.02 Å². The molecule has 82 valence electrons. The van der Waals surface area contributed by atoms with Crippen LogP contribution in [0, 0.1) is 0 Å². The Balaban J connectivity index is 2.21. The Morgan fingerprint density at radius 3 is 3.07 bits per heavy atom. The average molecular weight is 291 g/mol. The van der Waals surface area contributed by atoms with Crippen LogP contribution in [0.2, 0.25) is 5.02 Å². The maximum atomic E-state index is 5.93. The minimum absolute atomic E-state index is 0.253. The van der Waals surface area contributed by atoms with Crippen molar-refractivity contribution >= 4 is 33.3 Å². The number of piperidine rings is 1. The highest BCUT2D eigenvalue weighted by Gasteiger charge is 2.19. The summed E-state index contributed by atoms with van der Waals surface area (Å²) in [5.74, 6) is 0.939. The summed E-state index contributed by atoms with van der Waals surface area (Å²) in [6, 6.07) is 2.12. The van der Waals surface area contributed by atoms with Gasteiger partial charge in [0.2, 0.25) is 0 Å². The Morgan fingerprint density at radius 2 is 2.40 bits per heavy atom. The predicted octanol–water partition coefficient (Wildman–Crippen LogP) is 2.42. The van der Waals surface area contributed by atoms with Crippen molar-refractivity contribution in [2.24, 2.45) is 5.73 Å². The van der Waals surface area contributed by atoms with Gasteiger partial charge in [-0.05, 0) is 34.8 Å². The van der Waals surface area contributed by atoms with Gasteiger partial charge in [-0.1, -0.05) is 11.6 Å². The Kier molecular flexibility index (Phi) is 3.49. The van der Waals surface area contributed by atoms with E-state index in [0.717, 1.165) is 36.2 Å². The van der Waals surface area contributed by atoms with Gasteiger partial charge in [0.05, 0.1) is 9.50 Å². The fraction of sp³-hybridized carbons (Fsp3) is 0.500. The molecule has 0 amide bonds. The van der Waals surface area contributed by atoms with Gasteiger partial charge in [-0.2, -0.15) is 0 Å². The smallest absolute Gasteiger partial charge is 0.143 e. The van der Waals surface area contributed by atoms with Crippen LogP contribution in [0.3, 0.4) is 0 Å². The van der Waals surface area contributed by atoms with E-state index in [-0.39, 0.29) is 6.04 Å². The molecule has 1 fully saturated rings. The van der Waals surface area contributed by atoms with Crippen molar-refractivity contribution in [3.63, 3.8) is 0 Å². The molecule has 2 N–H and O–H groups in total. The monoisotopic (exact) mass is 289 g/mol. The van der Waals surface area contributed by atoms with E-state index in [1.165, 1.54) is 0 Å². The molecule has 0 aromatic carbocycles. The first kappa shape index (κ1) is 11.2. The van der Waals surface area contributed by atoms with Crippen molar-refractivity contribution in [2.45, 2.75) is 18.9 Å². The minimum Gasteiger partial charge on any atom is -0.354 e. The molecule has 15 heavy (non-hydrogen) atoms. The lowest BCUT2D eigenvalue weighted by Crippen LogP contribution is -2.43. The van der Waals surface area contributed by atoms with E-state index in [2.05, 4.69) is 25.8 Å². The summed E-state index contributed by atoms with van der Waals surface area (Å²) in [6.45, 7) is 1.88. The molecule has 2 heterocycles. The van der Waals surface area contributed by atoms with Gasteiger partial charge in [-0.3, -0.25) is 0 Å². The molecule has 1 aliphatic rings. The van der Waals surface area contributed by atoms with Crippen LogP contribution in [0.5, 0.6) is 0 Å². The molecular weight excluding hydrogens is 277 g/mol. The van der Waals surface area contributed by atoms with E-state index >= 15 is 0 Å². The number of aromatic nitrogens is 1. The van der Waals surface area contributed by atoms with Gasteiger partial charge in [0.15, 0.2) is 0 Å². The maximum Gasteiger partial charge on any atom is 0.143 e. The minimum atomic E-state index is 0.253. The molecule has 0 aliphatic carbocycles. The van der Waals surface area contributed by atoms with Crippen molar-refractivity contribution in [2.75, 3.05) is 18.0 Å². The standard InChI is InChI=1S/C10H13BrClN3/c11-9-4-7(12)5-14-10(9)15-3-1-2-8(13)6-15/h4-5,8H,1-3,6,13H2/t8-/m1/s1. The second-order valence-corrected chi connectivity index (χ2v) is 5.10. The fourth-order valence-corrected chi connectivity index (χ4v) is 2.73. The first-order valence-electron chi connectivity index (χ1n) is 4.98. The number of nitrogens with zero attached hydrogens (tertiary/aromatic N) is 2. The molecule has 5 heteroatoms. The zero-order valence-electron chi connectivity index (χ0n) is 8.29. The topological polar surface area (TPSA) is 42.1 Å². The summed E-state index contributed by atoms with van der Waals surface area (Å²) in [6.07, 6.45) is 3.89. The summed E-state index contributed by atoms with van der Waals surface area (Å²) >= 11 is 9.32. The molecule has 3 nitrogen and oxygen atoms in total. The molecule has 0 bridgehead atoms. The molecule has 1 saturated heterocycles. The Hall–Kier alpha value is -0.320. The van der Waals surface area contributed by atoms with Crippen LogP contribution in [0.15, 0.2) is 16.7 Å². The highest BCUT2D eigenvalue weighted by Crippen LogP contribution is 2.28. The second kappa shape index (κ2) is 4.68. The van der Waals surface area contributed by atoms with Gasteiger partial charge < -0.3 is 10.6 Å². The Bertz CT molecular complexity index is 359. The van der Waals surface area contributed by atoms with Crippen LogP contribution in [0.1, 0.15) is 12.8 Å². The third-order valence-corrected chi connectivity index (χ3v) is 3.34. The highest BCUT2D eigenvalue weighted by atomic mass is 79.9. The van der Waals surface area contributed by atoms with E-state index in [1.54, 1.807) is 6.20 Å². The Labute approximate surface area is 103 Å². The number of anilines is 1. The van der Waals surface area contributed by atoms with Crippen LogP contribution in [-0.4, -0.2) is 24.1 Å². The van der Waals surface area contributed by atoms with Crippen LogP contribution < -0.4 is 10.6 Å². The van der Waals surface area contributed by atoms with Crippen molar-refractivity contribution in [1.29, 1.82) is 0 Å². The molecule has 0 spiro atoms. The lowest BCUT2D eigenvalue weighted by atomic mass is 10.1. The van der Waals surface area contributed by atoms with Gasteiger partial charge in [-0.15, -0.1) is 0 Å². The van der Waals surface area contributed by atoms with E-state index in [9.17, 15) is 0 Å². The predicted molar refractivity (Wildman–Crippen MR) is 66.4 cm³/mol. The van der Waals surface area contributed by atoms with E-state index < -0.39 is 0 Å². The third kappa shape index (κ3) is 2.62.